The zero-order valence-corrected chi connectivity index (χ0v) is 22.1. The Kier molecular flexibility index (Phi) is 8.16. The molecule has 5 rings (SSSR count). The number of aromatic nitrogens is 3. The predicted octanol–water partition coefficient (Wildman–Crippen LogP) is 5.51. The predicted molar refractivity (Wildman–Crippen MR) is 148 cm³/mol. The van der Waals surface area contributed by atoms with E-state index >= 15 is 0 Å². The number of benzene rings is 2. The van der Waals surface area contributed by atoms with E-state index in [0.717, 1.165) is 56.4 Å². The molecule has 0 unspecified atom stereocenters. The van der Waals surface area contributed by atoms with Crippen LogP contribution in [0.25, 0.3) is 10.9 Å². The number of thioether (sulfide) groups is 1. The van der Waals surface area contributed by atoms with Crippen LogP contribution in [-0.4, -0.2) is 62.1 Å². The number of rotatable bonds is 11. The van der Waals surface area contributed by atoms with Crippen LogP contribution in [0.15, 0.2) is 72.3 Å². The summed E-state index contributed by atoms with van der Waals surface area (Å²) in [6.45, 7) is 4.34. The molecule has 194 valence electrons. The summed E-state index contributed by atoms with van der Waals surface area (Å²) in [5.41, 5.74) is 3.01. The van der Waals surface area contributed by atoms with Gasteiger partial charge in [-0.05, 0) is 62.0 Å². The van der Waals surface area contributed by atoms with Gasteiger partial charge >= 0.3 is 5.97 Å². The van der Waals surface area contributed by atoms with Crippen LogP contribution in [-0.2, 0) is 13.6 Å². The van der Waals surface area contributed by atoms with Crippen LogP contribution in [0.5, 0.6) is 5.75 Å². The quantitative estimate of drug-likeness (QED) is 0.208. The normalized spacial score (nSPS) is 14.8. The van der Waals surface area contributed by atoms with Gasteiger partial charge < -0.3 is 19.0 Å². The highest BCUT2D eigenvalue weighted by molar-refractivity contribution is 7.99. The molecule has 1 saturated heterocycles. The third-order valence-corrected chi connectivity index (χ3v) is 8.33. The second-order valence-electron chi connectivity index (χ2n) is 9.58. The number of likely N-dealkylation sites (tertiary alicyclic amines) is 1. The number of piperidine rings is 1. The number of imidazole rings is 1. The molecule has 7 nitrogen and oxygen atoms in total. The van der Waals surface area contributed by atoms with Gasteiger partial charge in [-0.2, -0.15) is 0 Å². The monoisotopic (exact) mass is 518 g/mol. The van der Waals surface area contributed by atoms with Gasteiger partial charge in [0, 0.05) is 55.4 Å². The fourth-order valence-electron chi connectivity index (χ4n) is 5.20. The molecule has 1 aliphatic rings. The lowest BCUT2D eigenvalue weighted by Gasteiger charge is -2.31. The van der Waals surface area contributed by atoms with Crippen LogP contribution in [0.1, 0.15) is 41.1 Å². The number of carboxylic acids is 1. The number of fused-ring (bicyclic) bond motifs is 1. The van der Waals surface area contributed by atoms with Crippen molar-refractivity contribution in [3.63, 3.8) is 0 Å². The third-order valence-electron chi connectivity index (χ3n) is 7.18. The smallest absolute Gasteiger partial charge is 0.339 e. The first-order chi connectivity index (χ1) is 18.1. The van der Waals surface area contributed by atoms with Crippen LogP contribution in [0.2, 0.25) is 0 Å². The summed E-state index contributed by atoms with van der Waals surface area (Å²) in [5, 5.41) is 11.8. The summed E-state index contributed by atoms with van der Waals surface area (Å²) in [6, 6.07) is 15.6. The van der Waals surface area contributed by atoms with Gasteiger partial charge in [0.15, 0.2) is 5.16 Å². The number of hydrogen-bond donors (Lipinski definition) is 1. The zero-order chi connectivity index (χ0) is 25.6. The molecular formula is C29H34N4O3S. The molecule has 0 radical (unpaired) electrons. The number of aromatic carboxylic acids is 1. The minimum atomic E-state index is -0.956. The van der Waals surface area contributed by atoms with Gasteiger partial charge in [-0.25, -0.2) is 9.78 Å². The number of aryl methyl sites for hydroxylation is 2. The molecular weight excluding hydrogens is 484 g/mol. The Morgan fingerprint density at radius 3 is 2.68 bits per heavy atom. The van der Waals surface area contributed by atoms with E-state index in [1.165, 1.54) is 16.5 Å². The number of ether oxygens (including phenoxy) is 1. The highest BCUT2D eigenvalue weighted by Crippen LogP contribution is 2.34. The van der Waals surface area contributed by atoms with Gasteiger partial charge in [0.05, 0.1) is 0 Å². The minimum absolute atomic E-state index is 0.216. The highest BCUT2D eigenvalue weighted by Gasteiger charge is 2.24. The summed E-state index contributed by atoms with van der Waals surface area (Å²) >= 11 is 1.81. The number of carboxylic acid groups (broad SMARTS) is 1. The Bertz CT molecular complexity index is 1340. The maximum Gasteiger partial charge on any atom is 0.339 e. The number of nitrogens with zero attached hydrogens (tertiary/aromatic N) is 4. The first-order valence-corrected chi connectivity index (χ1v) is 13.9. The molecule has 2 aromatic heterocycles. The van der Waals surface area contributed by atoms with Gasteiger partial charge in [-0.3, -0.25) is 4.90 Å². The fraction of sp³-hybridized carbons (Fsp3) is 0.379. The van der Waals surface area contributed by atoms with Crippen LogP contribution in [0, 0.1) is 0 Å². The lowest BCUT2D eigenvalue weighted by atomic mass is 9.89. The Morgan fingerprint density at radius 2 is 1.89 bits per heavy atom. The van der Waals surface area contributed by atoms with E-state index in [4.69, 9.17) is 4.74 Å². The molecule has 37 heavy (non-hydrogen) atoms. The summed E-state index contributed by atoms with van der Waals surface area (Å²) in [4.78, 5) is 18.2. The Labute approximate surface area is 222 Å². The van der Waals surface area contributed by atoms with E-state index in [-0.39, 0.29) is 5.56 Å². The average Bonchev–Trinajstić information content (AvgIpc) is 3.50. The molecule has 0 spiro atoms. The number of para-hydroxylation sites is 2. The van der Waals surface area contributed by atoms with Crippen molar-refractivity contribution in [1.29, 1.82) is 0 Å². The highest BCUT2D eigenvalue weighted by atomic mass is 32.2. The molecule has 0 saturated carbocycles. The average molecular weight is 519 g/mol. The number of hydrogen-bond acceptors (Lipinski definition) is 5. The van der Waals surface area contributed by atoms with E-state index in [1.807, 2.05) is 37.3 Å². The maximum absolute atomic E-state index is 11.4. The Hall–Kier alpha value is -3.23. The summed E-state index contributed by atoms with van der Waals surface area (Å²) < 4.78 is 10.3. The van der Waals surface area contributed by atoms with Crippen LogP contribution < -0.4 is 4.74 Å². The zero-order valence-electron chi connectivity index (χ0n) is 21.3. The molecule has 1 N–H and O–H groups in total. The summed E-state index contributed by atoms with van der Waals surface area (Å²) in [5.74, 6) is 1.08. The molecule has 0 atom stereocenters. The van der Waals surface area contributed by atoms with Crippen molar-refractivity contribution in [2.24, 2.45) is 7.05 Å². The van der Waals surface area contributed by atoms with E-state index in [2.05, 4.69) is 49.5 Å². The summed E-state index contributed by atoms with van der Waals surface area (Å²) in [6.07, 6.45) is 9.57. The molecule has 1 fully saturated rings. The topological polar surface area (TPSA) is 72.5 Å². The molecule has 0 bridgehead atoms. The Balaban J connectivity index is 1.14. The van der Waals surface area contributed by atoms with Crippen molar-refractivity contribution < 1.29 is 14.6 Å². The van der Waals surface area contributed by atoms with Crippen molar-refractivity contribution in [3.05, 3.63) is 78.2 Å². The molecule has 2 aromatic carbocycles. The molecule has 0 amide bonds. The van der Waals surface area contributed by atoms with E-state index in [1.54, 1.807) is 18.2 Å². The maximum atomic E-state index is 11.4. The van der Waals surface area contributed by atoms with Crippen molar-refractivity contribution in [1.82, 2.24) is 19.0 Å². The van der Waals surface area contributed by atoms with Crippen molar-refractivity contribution in [2.45, 2.75) is 36.9 Å². The fourth-order valence-corrected chi connectivity index (χ4v) is 6.05. The van der Waals surface area contributed by atoms with Crippen LogP contribution >= 0.6 is 11.8 Å². The van der Waals surface area contributed by atoms with Crippen molar-refractivity contribution >= 4 is 28.6 Å². The lowest BCUT2D eigenvalue weighted by molar-refractivity contribution is 0.0691. The largest absolute Gasteiger partial charge is 0.491 e. The standard InChI is InChI=1S/C29H34N4O3S/c1-31-17-13-30-29(31)37-20-6-14-33-21-25(23-7-2-4-9-26(23)33)22-11-15-32(16-12-22)18-19-36-27-10-5-3-8-24(27)28(34)35/h2-5,7-10,13,17,21-22H,6,11-12,14-16,18-20H2,1H3,(H,34,35). The first-order valence-electron chi connectivity index (χ1n) is 13.0. The first kappa shape index (κ1) is 25.4. The van der Waals surface area contributed by atoms with Gasteiger partial charge in [0.2, 0.25) is 0 Å². The Morgan fingerprint density at radius 1 is 1.11 bits per heavy atom. The van der Waals surface area contributed by atoms with Crippen molar-refractivity contribution in [2.75, 3.05) is 32.0 Å². The molecule has 0 aliphatic carbocycles. The molecule has 3 heterocycles. The van der Waals surface area contributed by atoms with Crippen molar-refractivity contribution in [3.8, 4) is 5.75 Å². The van der Waals surface area contributed by atoms with Crippen LogP contribution in [0.4, 0.5) is 0 Å². The third kappa shape index (κ3) is 6.02. The second-order valence-corrected chi connectivity index (χ2v) is 10.6. The van der Waals surface area contributed by atoms with E-state index in [0.29, 0.717) is 18.3 Å². The minimum Gasteiger partial charge on any atom is -0.491 e. The summed E-state index contributed by atoms with van der Waals surface area (Å²) in [7, 11) is 2.04. The SMILES string of the molecule is Cn1ccnc1SCCCn1cc(C2CCN(CCOc3ccccc3C(=O)O)CC2)c2ccccc21. The van der Waals surface area contributed by atoms with Gasteiger partial charge in [0.25, 0.3) is 0 Å². The van der Waals surface area contributed by atoms with Gasteiger partial charge in [-0.15, -0.1) is 0 Å². The van der Waals surface area contributed by atoms with E-state index < -0.39 is 5.97 Å². The second kappa shape index (κ2) is 11.9. The van der Waals surface area contributed by atoms with Gasteiger partial charge in [0.1, 0.15) is 17.9 Å². The molecule has 8 heteroatoms. The molecule has 1 aliphatic heterocycles. The van der Waals surface area contributed by atoms with Gasteiger partial charge in [-0.1, -0.05) is 42.1 Å². The number of carbonyl (C=O) groups is 1. The molecule has 4 aromatic rings. The van der Waals surface area contributed by atoms with Crippen LogP contribution in [0.3, 0.4) is 0 Å². The lowest BCUT2D eigenvalue weighted by Crippen LogP contribution is -2.35. The van der Waals surface area contributed by atoms with E-state index in [9.17, 15) is 9.90 Å².